The highest BCUT2D eigenvalue weighted by Crippen LogP contribution is 2.29. The second-order valence-electron chi connectivity index (χ2n) is 5.68. The summed E-state index contributed by atoms with van der Waals surface area (Å²) in [5, 5.41) is 40.3. The molecule has 1 aliphatic heterocycles. The summed E-state index contributed by atoms with van der Waals surface area (Å²) in [6, 6.07) is 10.4. The number of unbranched alkanes of at least 4 members (excludes halogenated alkanes) is 1. The van der Waals surface area contributed by atoms with E-state index in [-0.39, 0.29) is 6.61 Å². The number of esters is 1. The predicted molar refractivity (Wildman–Crippen MR) is 95.0 cm³/mol. The van der Waals surface area contributed by atoms with Gasteiger partial charge >= 0.3 is 5.97 Å². The molecule has 5 atom stereocenters. The third-order valence-electron chi connectivity index (χ3n) is 3.79. The van der Waals surface area contributed by atoms with Crippen molar-refractivity contribution < 1.29 is 29.6 Å². The zero-order chi connectivity index (χ0) is 18.9. The molecular formula is C18H21NO6S. The van der Waals surface area contributed by atoms with Crippen molar-refractivity contribution in [2.45, 2.75) is 42.7 Å². The molecule has 8 heteroatoms. The highest BCUT2D eigenvalue weighted by Gasteiger charge is 2.44. The fraction of sp³-hybridized carbons (Fsp3) is 0.444. The van der Waals surface area contributed by atoms with Crippen molar-refractivity contribution in [1.82, 2.24) is 0 Å². The molecule has 1 fully saturated rings. The lowest BCUT2D eigenvalue weighted by atomic mass is 10.0. The molecule has 2 rings (SSSR count). The van der Waals surface area contributed by atoms with Crippen LogP contribution in [0.15, 0.2) is 41.8 Å². The number of aliphatic hydroxyl groups excluding tert-OH is 3. The number of ether oxygens (including phenoxy) is 2. The third-order valence-corrected chi connectivity index (χ3v) is 4.80. The molecule has 1 aromatic rings. The maximum Gasteiger partial charge on any atom is 0.338 e. The van der Waals surface area contributed by atoms with Gasteiger partial charge in [0.25, 0.3) is 0 Å². The number of benzene rings is 1. The summed E-state index contributed by atoms with van der Waals surface area (Å²) in [6.07, 6.45) is -2.36. The first-order valence-electron chi connectivity index (χ1n) is 8.14. The predicted octanol–water partition coefficient (Wildman–Crippen LogP) is 1.20. The topological polar surface area (TPSA) is 120 Å². The zero-order valence-electron chi connectivity index (χ0n) is 14.0. The van der Waals surface area contributed by atoms with Crippen molar-refractivity contribution in [3.8, 4) is 6.07 Å². The van der Waals surface area contributed by atoms with Crippen molar-refractivity contribution in [2.24, 2.45) is 0 Å². The second-order valence-corrected chi connectivity index (χ2v) is 6.69. The standard InChI is InChI=1S/C18H21NO6S/c19-9-5-2-6-10-26-18-16(22)15(21)14(20)13(25-18)11-24-17(23)12-7-3-1-4-8-12/h1,3-4,6-8,10,13-16,18,20-22H,2,5,11H2/b10-6+/t13-,14-,15+,16-,18+/m1/s1. The molecule has 0 unspecified atom stereocenters. The number of allylic oxidation sites excluding steroid dienone is 1. The van der Waals surface area contributed by atoms with Gasteiger partial charge in [0.15, 0.2) is 0 Å². The van der Waals surface area contributed by atoms with Gasteiger partial charge < -0.3 is 24.8 Å². The normalized spacial score (nSPS) is 28.6. The van der Waals surface area contributed by atoms with Crippen LogP contribution in [0.4, 0.5) is 0 Å². The molecule has 140 valence electrons. The quantitative estimate of drug-likeness (QED) is 0.477. The van der Waals surface area contributed by atoms with Gasteiger partial charge in [0.1, 0.15) is 36.5 Å². The summed E-state index contributed by atoms with van der Waals surface area (Å²) in [6.45, 7) is -0.256. The van der Waals surface area contributed by atoms with E-state index in [1.165, 1.54) is 0 Å². The van der Waals surface area contributed by atoms with E-state index in [0.717, 1.165) is 11.8 Å². The monoisotopic (exact) mass is 379 g/mol. The van der Waals surface area contributed by atoms with E-state index in [0.29, 0.717) is 18.4 Å². The zero-order valence-corrected chi connectivity index (χ0v) is 14.8. The second kappa shape index (κ2) is 10.3. The minimum absolute atomic E-state index is 0.256. The van der Waals surface area contributed by atoms with Gasteiger partial charge in [-0.2, -0.15) is 5.26 Å². The SMILES string of the molecule is N#CCC/C=C/S[C@@H]1O[C@H](COC(=O)c2ccccc2)[C@@H](O)[C@H](O)[C@H]1O. The minimum atomic E-state index is -1.42. The Bertz CT molecular complexity index is 647. The summed E-state index contributed by atoms with van der Waals surface area (Å²) in [7, 11) is 0. The Morgan fingerprint density at radius 3 is 2.65 bits per heavy atom. The highest BCUT2D eigenvalue weighted by molar-refractivity contribution is 8.02. The van der Waals surface area contributed by atoms with Crippen molar-refractivity contribution in [3.05, 3.63) is 47.4 Å². The molecule has 0 aromatic heterocycles. The lowest BCUT2D eigenvalue weighted by Gasteiger charge is -2.39. The molecule has 1 aliphatic rings. The van der Waals surface area contributed by atoms with E-state index in [9.17, 15) is 20.1 Å². The molecule has 26 heavy (non-hydrogen) atoms. The van der Waals surface area contributed by atoms with Crippen LogP contribution in [-0.4, -0.2) is 57.7 Å². The van der Waals surface area contributed by atoms with E-state index in [2.05, 4.69) is 0 Å². The Hall–Kier alpha value is -1.89. The van der Waals surface area contributed by atoms with Crippen LogP contribution in [0.5, 0.6) is 0 Å². The Balaban J connectivity index is 1.91. The molecular weight excluding hydrogens is 358 g/mol. The number of carbonyl (C=O) groups excluding carboxylic acids is 1. The fourth-order valence-corrected chi connectivity index (χ4v) is 3.26. The molecule has 0 bridgehead atoms. The molecule has 3 N–H and O–H groups in total. The maximum absolute atomic E-state index is 12.0. The lowest BCUT2D eigenvalue weighted by Crippen LogP contribution is -2.57. The van der Waals surface area contributed by atoms with Gasteiger partial charge in [-0.25, -0.2) is 4.79 Å². The molecule has 0 saturated carbocycles. The van der Waals surface area contributed by atoms with Gasteiger partial charge in [-0.3, -0.25) is 0 Å². The van der Waals surface area contributed by atoms with Crippen molar-refractivity contribution in [3.63, 3.8) is 0 Å². The first-order chi connectivity index (χ1) is 12.5. The number of rotatable bonds is 7. The third kappa shape index (κ3) is 5.56. The minimum Gasteiger partial charge on any atom is -0.459 e. The number of thioether (sulfide) groups is 1. The van der Waals surface area contributed by atoms with Crippen LogP contribution < -0.4 is 0 Å². The fourth-order valence-electron chi connectivity index (χ4n) is 2.33. The lowest BCUT2D eigenvalue weighted by molar-refractivity contribution is -0.205. The van der Waals surface area contributed by atoms with E-state index >= 15 is 0 Å². The van der Waals surface area contributed by atoms with Gasteiger partial charge in [0.05, 0.1) is 11.6 Å². The number of hydrogen-bond donors (Lipinski definition) is 3. The Labute approximate surface area is 155 Å². The number of hydrogen-bond acceptors (Lipinski definition) is 8. The Kier molecular flexibility index (Phi) is 8.09. The highest BCUT2D eigenvalue weighted by atomic mass is 32.2. The van der Waals surface area contributed by atoms with Gasteiger partial charge in [-0.05, 0) is 24.0 Å². The molecule has 0 spiro atoms. The van der Waals surface area contributed by atoms with Crippen LogP contribution in [0.3, 0.4) is 0 Å². The van der Waals surface area contributed by atoms with Gasteiger partial charge in [-0.1, -0.05) is 36.0 Å². The van der Waals surface area contributed by atoms with Gasteiger partial charge in [0.2, 0.25) is 0 Å². The van der Waals surface area contributed by atoms with Crippen molar-refractivity contribution in [1.29, 1.82) is 5.26 Å². The summed E-state index contributed by atoms with van der Waals surface area (Å²) >= 11 is 1.12. The number of nitriles is 1. The first-order valence-corrected chi connectivity index (χ1v) is 9.08. The summed E-state index contributed by atoms with van der Waals surface area (Å²) in [5.74, 6) is -0.567. The molecule has 1 saturated heterocycles. The molecule has 0 aliphatic carbocycles. The van der Waals surface area contributed by atoms with E-state index < -0.39 is 35.8 Å². The molecule has 0 radical (unpaired) electrons. The molecule has 7 nitrogen and oxygen atoms in total. The van der Waals surface area contributed by atoms with Crippen LogP contribution in [-0.2, 0) is 9.47 Å². The Morgan fingerprint density at radius 2 is 1.96 bits per heavy atom. The van der Waals surface area contributed by atoms with Gasteiger partial charge in [0, 0.05) is 6.42 Å². The van der Waals surface area contributed by atoms with Crippen LogP contribution in [0, 0.1) is 11.3 Å². The van der Waals surface area contributed by atoms with Crippen molar-refractivity contribution >= 4 is 17.7 Å². The van der Waals surface area contributed by atoms with Crippen LogP contribution >= 0.6 is 11.8 Å². The largest absolute Gasteiger partial charge is 0.459 e. The van der Waals surface area contributed by atoms with Crippen LogP contribution in [0.25, 0.3) is 0 Å². The molecule has 1 heterocycles. The average molecular weight is 379 g/mol. The Morgan fingerprint density at radius 1 is 1.23 bits per heavy atom. The van der Waals surface area contributed by atoms with E-state index in [4.69, 9.17) is 14.7 Å². The molecule has 0 amide bonds. The number of nitrogens with zero attached hydrogens (tertiary/aromatic N) is 1. The van der Waals surface area contributed by atoms with E-state index in [1.54, 1.807) is 41.8 Å². The average Bonchev–Trinajstić information content (AvgIpc) is 2.67. The summed E-state index contributed by atoms with van der Waals surface area (Å²) in [5.41, 5.74) is -0.461. The van der Waals surface area contributed by atoms with Crippen molar-refractivity contribution in [2.75, 3.05) is 6.61 Å². The molecule has 1 aromatic carbocycles. The van der Waals surface area contributed by atoms with Gasteiger partial charge in [-0.15, -0.1) is 0 Å². The maximum atomic E-state index is 12.0. The smallest absolute Gasteiger partial charge is 0.338 e. The van der Waals surface area contributed by atoms with E-state index in [1.807, 2.05) is 6.07 Å². The summed E-state index contributed by atoms with van der Waals surface area (Å²) in [4.78, 5) is 12.0. The van der Waals surface area contributed by atoms with Crippen LogP contribution in [0.1, 0.15) is 23.2 Å². The number of carbonyl (C=O) groups is 1. The first kappa shape index (κ1) is 20.4. The van der Waals surface area contributed by atoms with Crippen LogP contribution in [0.2, 0.25) is 0 Å². The summed E-state index contributed by atoms with van der Waals surface area (Å²) < 4.78 is 10.7. The number of aliphatic hydroxyl groups is 3.